The van der Waals surface area contributed by atoms with Gasteiger partial charge in [-0.05, 0) is 0 Å². The summed E-state index contributed by atoms with van der Waals surface area (Å²) in [5.41, 5.74) is 4.60. The van der Waals surface area contributed by atoms with Gasteiger partial charge in [-0.25, -0.2) is 19.5 Å². The van der Waals surface area contributed by atoms with Crippen LogP contribution in [0.3, 0.4) is 0 Å². The van der Waals surface area contributed by atoms with Crippen LogP contribution < -0.4 is 16.9 Å². The van der Waals surface area contributed by atoms with Crippen LogP contribution >= 0.6 is 7.82 Å². The molecule has 4 aromatic rings. The standard InChI is InChI=1S/C20H24N9O11P/c21-20-26-16-12(18(34)27-20)25-6-29(16)19-14(13(32)8(2-30)39-19)40-41(35,36)37-3-9-7(31)1-10(38-9)28-5-24-11-15(28)22-4-23-17(11)33/h4-10,13-14,19,30-32H,1-3H2,(H,35,36)(H,22,23,33)(H3,21,26,27,34)/t7-,8-,9-,10-,13?,14+,19-/m1/s1. The predicted octanol–water partition coefficient (Wildman–Crippen LogP) is -2.76. The topological polar surface area (TPSA) is 288 Å². The van der Waals surface area contributed by atoms with E-state index < -0.39 is 75.1 Å². The highest BCUT2D eigenvalue weighted by atomic mass is 31.2. The minimum absolute atomic E-state index is 0.0307. The van der Waals surface area contributed by atoms with Crippen LogP contribution in [0.5, 0.6) is 0 Å². The molecule has 2 aliphatic rings. The summed E-state index contributed by atoms with van der Waals surface area (Å²) in [5, 5.41) is 30.8. The molecule has 2 fully saturated rings. The Kier molecular flexibility index (Phi) is 6.96. The molecular formula is C20H24N9O11P. The Balaban J connectivity index is 1.17. The third-order valence-corrected chi connectivity index (χ3v) is 7.74. The van der Waals surface area contributed by atoms with E-state index >= 15 is 0 Å². The lowest BCUT2D eigenvalue weighted by Gasteiger charge is -2.25. The second-order valence-electron chi connectivity index (χ2n) is 9.34. The lowest BCUT2D eigenvalue weighted by Crippen LogP contribution is -2.35. The van der Waals surface area contributed by atoms with Crippen molar-refractivity contribution in [2.24, 2.45) is 0 Å². The van der Waals surface area contributed by atoms with Crippen LogP contribution in [0, 0.1) is 0 Å². The molecule has 0 bridgehead atoms. The van der Waals surface area contributed by atoms with Crippen molar-refractivity contribution in [3.05, 3.63) is 39.7 Å². The quantitative estimate of drug-likeness (QED) is 0.101. The fourth-order valence-electron chi connectivity index (χ4n) is 4.80. The minimum atomic E-state index is -4.98. The largest absolute Gasteiger partial charge is 0.472 e. The van der Waals surface area contributed by atoms with Crippen molar-refractivity contribution < 1.29 is 43.3 Å². The molecule has 0 saturated carbocycles. The molecule has 0 amide bonds. The maximum atomic E-state index is 12.9. The van der Waals surface area contributed by atoms with Crippen molar-refractivity contribution in [3.63, 3.8) is 0 Å². The van der Waals surface area contributed by atoms with E-state index in [0.717, 1.165) is 10.9 Å². The van der Waals surface area contributed by atoms with Gasteiger partial charge < -0.3 is 40.4 Å². The number of aliphatic hydroxyl groups is 3. The number of aliphatic hydroxyl groups excluding tert-OH is 3. The number of anilines is 1. The molecule has 4 aromatic heterocycles. The maximum absolute atomic E-state index is 12.9. The number of nitrogens with one attached hydrogen (secondary N) is 2. The normalized spacial score (nSPS) is 29.9. The first-order valence-corrected chi connectivity index (χ1v) is 13.6. The number of ether oxygens (including phenoxy) is 2. The predicted molar refractivity (Wildman–Crippen MR) is 133 cm³/mol. The van der Waals surface area contributed by atoms with Crippen molar-refractivity contribution in [2.75, 3.05) is 18.9 Å². The number of hydrogen-bond donors (Lipinski definition) is 7. The average molecular weight is 597 g/mol. The molecule has 21 heteroatoms. The lowest BCUT2D eigenvalue weighted by atomic mass is 10.1. The number of hydrogen-bond acceptors (Lipinski definition) is 15. The Morgan fingerprint density at radius 1 is 1.07 bits per heavy atom. The van der Waals surface area contributed by atoms with Gasteiger partial charge >= 0.3 is 7.82 Å². The van der Waals surface area contributed by atoms with E-state index in [4.69, 9.17) is 24.3 Å². The number of nitrogen functional groups attached to an aromatic ring is 1. The highest BCUT2D eigenvalue weighted by molar-refractivity contribution is 7.47. The van der Waals surface area contributed by atoms with E-state index in [-0.39, 0.29) is 34.7 Å². The molecule has 0 spiro atoms. The molecule has 0 radical (unpaired) electrons. The van der Waals surface area contributed by atoms with Crippen LogP contribution in [0.25, 0.3) is 22.3 Å². The molecule has 0 aromatic carbocycles. The number of imidazole rings is 2. The van der Waals surface area contributed by atoms with Crippen LogP contribution in [-0.4, -0.2) is 103 Å². The molecule has 20 nitrogen and oxygen atoms in total. The Morgan fingerprint density at radius 3 is 2.56 bits per heavy atom. The lowest BCUT2D eigenvalue weighted by molar-refractivity contribution is -0.0593. The van der Waals surface area contributed by atoms with Crippen LogP contribution in [0.2, 0.25) is 0 Å². The van der Waals surface area contributed by atoms with Crippen molar-refractivity contribution in [1.29, 1.82) is 0 Å². The molecule has 2 aliphatic heterocycles. The van der Waals surface area contributed by atoms with Crippen molar-refractivity contribution in [2.45, 2.75) is 49.4 Å². The van der Waals surface area contributed by atoms with E-state index in [9.17, 15) is 34.4 Å². The molecule has 8 N–H and O–H groups in total. The Morgan fingerprint density at radius 2 is 1.80 bits per heavy atom. The van der Waals surface area contributed by atoms with Gasteiger partial charge in [-0.15, -0.1) is 0 Å². The number of aromatic amines is 2. The fraction of sp³-hybridized carbons (Fsp3) is 0.500. The number of nitrogens with zero attached hydrogens (tertiary/aromatic N) is 6. The molecule has 8 atom stereocenters. The van der Waals surface area contributed by atoms with Gasteiger partial charge in [0.1, 0.15) is 30.6 Å². The molecule has 2 unspecified atom stereocenters. The smallest absolute Gasteiger partial charge is 0.394 e. The van der Waals surface area contributed by atoms with E-state index in [1.807, 2.05) is 0 Å². The summed E-state index contributed by atoms with van der Waals surface area (Å²) in [6.07, 6.45) is -5.21. The summed E-state index contributed by atoms with van der Waals surface area (Å²) < 4.78 is 37.3. The molecule has 41 heavy (non-hydrogen) atoms. The molecule has 220 valence electrons. The van der Waals surface area contributed by atoms with Crippen LogP contribution in [0.1, 0.15) is 18.9 Å². The SMILES string of the molecule is Nc1nc2c(ncn2[C@@H]2O[C@H](CO)C(O)[C@@H]2OP(=O)(O)OC[C@H]2O[C@@H](n3cnc4c(=O)[nH]cnc43)C[C@H]2O)c(=O)[nH]1. The van der Waals surface area contributed by atoms with Crippen molar-refractivity contribution in [1.82, 2.24) is 39.0 Å². The minimum Gasteiger partial charge on any atom is -0.394 e. The van der Waals surface area contributed by atoms with Crippen molar-refractivity contribution in [3.8, 4) is 0 Å². The summed E-state index contributed by atoms with van der Waals surface area (Å²) in [4.78, 5) is 55.3. The van der Waals surface area contributed by atoms with Gasteiger partial charge in [-0.1, -0.05) is 0 Å². The van der Waals surface area contributed by atoms with E-state index in [1.165, 1.54) is 17.2 Å². The zero-order valence-corrected chi connectivity index (χ0v) is 21.6. The number of H-pyrrole nitrogens is 2. The summed E-state index contributed by atoms with van der Waals surface area (Å²) in [6, 6.07) is 0. The molecule has 6 heterocycles. The van der Waals surface area contributed by atoms with Crippen LogP contribution in [0.4, 0.5) is 5.95 Å². The van der Waals surface area contributed by atoms with Gasteiger partial charge in [0.2, 0.25) is 5.95 Å². The van der Waals surface area contributed by atoms with E-state index in [2.05, 4.69) is 29.9 Å². The Bertz CT molecular complexity index is 1750. The molecule has 6 rings (SSSR count). The molecule has 2 saturated heterocycles. The third-order valence-electron chi connectivity index (χ3n) is 6.75. The van der Waals surface area contributed by atoms with Gasteiger partial charge in [-0.2, -0.15) is 4.98 Å². The highest BCUT2D eigenvalue weighted by Crippen LogP contribution is 2.50. The monoisotopic (exact) mass is 597 g/mol. The Hall–Kier alpha value is -3.59. The van der Waals surface area contributed by atoms with Crippen LogP contribution in [-0.2, 0) is 23.1 Å². The zero-order chi connectivity index (χ0) is 29.1. The summed E-state index contributed by atoms with van der Waals surface area (Å²) in [5.74, 6) is -0.241. The van der Waals surface area contributed by atoms with Gasteiger partial charge in [0, 0.05) is 6.42 Å². The third kappa shape index (κ3) is 4.94. The van der Waals surface area contributed by atoms with Gasteiger partial charge in [0.05, 0.1) is 38.3 Å². The first kappa shape index (κ1) is 27.6. The first-order chi connectivity index (χ1) is 19.6. The van der Waals surface area contributed by atoms with Crippen molar-refractivity contribution >= 4 is 36.1 Å². The molecule has 0 aliphatic carbocycles. The Labute approximate surface area is 226 Å². The van der Waals surface area contributed by atoms with E-state index in [1.54, 1.807) is 0 Å². The molecular weight excluding hydrogens is 573 g/mol. The summed E-state index contributed by atoms with van der Waals surface area (Å²) >= 11 is 0. The zero-order valence-electron chi connectivity index (χ0n) is 20.7. The fourth-order valence-corrected chi connectivity index (χ4v) is 5.73. The number of phosphoric ester groups is 1. The number of aromatic nitrogens is 8. The second kappa shape index (κ2) is 10.4. The highest BCUT2D eigenvalue weighted by Gasteiger charge is 2.49. The first-order valence-electron chi connectivity index (χ1n) is 12.1. The van der Waals surface area contributed by atoms with Gasteiger partial charge in [-0.3, -0.25) is 32.8 Å². The number of fused-ring (bicyclic) bond motifs is 2. The average Bonchev–Trinajstić information content (AvgIpc) is 3.69. The van der Waals surface area contributed by atoms with Gasteiger partial charge in [0.15, 0.2) is 28.6 Å². The summed E-state index contributed by atoms with van der Waals surface area (Å²) in [7, 11) is -4.98. The maximum Gasteiger partial charge on any atom is 0.472 e. The number of phosphoric acid groups is 1. The number of nitrogens with two attached hydrogens (primary N) is 1. The summed E-state index contributed by atoms with van der Waals surface area (Å²) in [6.45, 7) is -1.28. The van der Waals surface area contributed by atoms with Crippen LogP contribution in [0.15, 0.2) is 28.6 Å². The van der Waals surface area contributed by atoms with Gasteiger partial charge in [0.25, 0.3) is 11.1 Å². The number of rotatable bonds is 8. The second-order valence-corrected chi connectivity index (χ2v) is 10.7. The van der Waals surface area contributed by atoms with E-state index in [0.29, 0.717) is 0 Å².